The molecule has 8 nitrogen and oxygen atoms in total. The highest BCUT2D eigenvalue weighted by atomic mass is 16.5. The zero-order valence-electron chi connectivity index (χ0n) is 19.6. The molecule has 2 amide bonds. The molecule has 8 heteroatoms. The summed E-state index contributed by atoms with van der Waals surface area (Å²) >= 11 is 0. The van der Waals surface area contributed by atoms with Crippen LogP contribution in [0.2, 0.25) is 0 Å². The third-order valence-corrected chi connectivity index (χ3v) is 6.17. The molecule has 0 unspecified atom stereocenters. The molecule has 0 aliphatic rings. The largest absolute Gasteiger partial charge is 0.427 e. The third kappa shape index (κ3) is 3.94. The number of benzene rings is 4. The second kappa shape index (κ2) is 8.99. The smallest absolute Gasteiger partial charge is 0.292 e. The Balaban J connectivity index is 1.69. The van der Waals surface area contributed by atoms with E-state index in [2.05, 4.69) is 10.6 Å². The van der Waals surface area contributed by atoms with E-state index in [9.17, 15) is 19.7 Å². The molecule has 5 aromatic rings. The third-order valence-electron chi connectivity index (χ3n) is 6.17. The summed E-state index contributed by atoms with van der Waals surface area (Å²) in [5.41, 5.74) is 3.76. The first kappa shape index (κ1) is 22.8. The van der Waals surface area contributed by atoms with E-state index in [1.54, 1.807) is 48.5 Å². The van der Waals surface area contributed by atoms with Crippen LogP contribution in [0.3, 0.4) is 0 Å². The fourth-order valence-corrected chi connectivity index (χ4v) is 4.23. The minimum Gasteiger partial charge on any atom is -0.427 e. The average molecular weight is 480 g/mol. The van der Waals surface area contributed by atoms with E-state index in [1.165, 1.54) is 12.1 Å². The van der Waals surface area contributed by atoms with Crippen molar-refractivity contribution in [1.29, 1.82) is 0 Å². The zero-order valence-corrected chi connectivity index (χ0v) is 19.6. The molecule has 0 aliphatic carbocycles. The van der Waals surface area contributed by atoms with Gasteiger partial charge in [-0.3, -0.25) is 9.59 Å². The molecule has 0 radical (unpaired) electrons. The van der Waals surface area contributed by atoms with Crippen molar-refractivity contribution in [1.82, 2.24) is 4.73 Å². The number of anilines is 2. The summed E-state index contributed by atoms with van der Waals surface area (Å²) in [5, 5.41) is 16.6. The Hall–Kier alpha value is -4.98. The van der Waals surface area contributed by atoms with Gasteiger partial charge in [-0.1, -0.05) is 48.5 Å². The second-order valence-electron chi connectivity index (χ2n) is 8.52. The van der Waals surface area contributed by atoms with E-state index >= 15 is 0 Å². The average Bonchev–Trinajstić information content (AvgIpc) is 2.88. The molecule has 0 saturated carbocycles. The number of amides is 2. The Kier molecular flexibility index (Phi) is 5.69. The molecule has 0 aliphatic heterocycles. The van der Waals surface area contributed by atoms with Crippen LogP contribution in [-0.4, -0.2) is 21.8 Å². The van der Waals surface area contributed by atoms with E-state index < -0.39 is 5.91 Å². The Morgan fingerprint density at radius 2 is 1.19 bits per heavy atom. The van der Waals surface area contributed by atoms with Crippen LogP contribution in [0.5, 0.6) is 0 Å². The predicted molar refractivity (Wildman–Crippen MR) is 138 cm³/mol. The summed E-state index contributed by atoms with van der Waals surface area (Å²) < 4.78 is 1.59. The highest BCUT2D eigenvalue weighted by molar-refractivity contribution is 6.12. The van der Waals surface area contributed by atoms with Crippen molar-refractivity contribution in [2.45, 2.75) is 13.8 Å². The zero-order chi connectivity index (χ0) is 25.4. The van der Waals surface area contributed by atoms with E-state index in [0.29, 0.717) is 21.1 Å². The quantitative estimate of drug-likeness (QED) is 0.190. The van der Waals surface area contributed by atoms with Gasteiger partial charge < -0.3 is 15.8 Å². The molecule has 1 heterocycles. The number of hydrogen-bond donors (Lipinski definition) is 3. The maximum atomic E-state index is 13.2. The van der Waals surface area contributed by atoms with Gasteiger partial charge in [-0.05, 0) is 49.2 Å². The number of aryl methyl sites for hydroxylation is 2. The van der Waals surface area contributed by atoms with Gasteiger partial charge in [0.25, 0.3) is 22.8 Å². The molecule has 0 bridgehead atoms. The normalized spacial score (nSPS) is 10.9. The van der Waals surface area contributed by atoms with Crippen LogP contribution in [-0.2, 0) is 0 Å². The van der Waals surface area contributed by atoms with Crippen LogP contribution in [0, 0.1) is 18.8 Å². The number of carbonyl (C=O) groups is 2. The van der Waals surface area contributed by atoms with Crippen molar-refractivity contribution in [2.24, 2.45) is 0 Å². The van der Waals surface area contributed by atoms with Crippen LogP contribution in [0.25, 0.3) is 22.1 Å². The van der Waals surface area contributed by atoms with E-state index in [0.717, 1.165) is 15.9 Å². The summed E-state index contributed by atoms with van der Waals surface area (Å²) in [4.78, 5) is 39.5. The SMILES string of the molecule is Cc1ccccc1C(=O)Nc1cc2c(cc1NC(=O)c1ccccc1C)[n+](=O)c1ccccc1n2O. The molecular weight excluding hydrogens is 456 g/mol. The summed E-state index contributed by atoms with van der Waals surface area (Å²) in [5.74, 6) is -0.784. The number of rotatable bonds is 4. The monoisotopic (exact) mass is 479 g/mol. The maximum Gasteiger partial charge on any atom is 0.292 e. The number of fused-ring (bicyclic) bond motifs is 2. The highest BCUT2D eigenvalue weighted by Crippen LogP contribution is 2.30. The van der Waals surface area contributed by atoms with E-state index in [-0.39, 0.29) is 33.8 Å². The first-order chi connectivity index (χ1) is 17.3. The Bertz CT molecular complexity index is 1740. The second-order valence-corrected chi connectivity index (χ2v) is 8.52. The minimum absolute atomic E-state index is 0.116. The van der Waals surface area contributed by atoms with Gasteiger partial charge in [-0.15, -0.1) is 0 Å². The first-order valence-corrected chi connectivity index (χ1v) is 11.3. The number of para-hydroxylation sites is 2. The summed E-state index contributed by atoms with van der Waals surface area (Å²) in [6.07, 6.45) is 0. The van der Waals surface area contributed by atoms with Crippen LogP contribution >= 0.6 is 0 Å². The van der Waals surface area contributed by atoms with Crippen LogP contribution < -0.4 is 15.1 Å². The van der Waals surface area contributed by atoms with Gasteiger partial charge >= 0.3 is 0 Å². The molecule has 178 valence electrons. The van der Waals surface area contributed by atoms with Crippen molar-refractivity contribution in [3.63, 3.8) is 0 Å². The molecule has 0 fully saturated rings. The van der Waals surface area contributed by atoms with Crippen LogP contribution in [0.4, 0.5) is 11.4 Å². The highest BCUT2D eigenvalue weighted by Gasteiger charge is 2.23. The van der Waals surface area contributed by atoms with Crippen LogP contribution in [0.1, 0.15) is 31.8 Å². The lowest BCUT2D eigenvalue weighted by Crippen LogP contribution is -2.22. The van der Waals surface area contributed by atoms with Crippen molar-refractivity contribution in [3.8, 4) is 0 Å². The molecule has 5 rings (SSSR count). The number of nitrogens with zero attached hydrogens (tertiary/aromatic N) is 2. The van der Waals surface area contributed by atoms with Crippen molar-refractivity contribution in [3.05, 3.63) is 112 Å². The summed E-state index contributed by atoms with van der Waals surface area (Å²) in [7, 11) is 0. The van der Waals surface area contributed by atoms with E-state index in [1.807, 2.05) is 38.1 Å². The van der Waals surface area contributed by atoms with Crippen LogP contribution in [0.15, 0.2) is 84.9 Å². The fraction of sp³-hybridized carbons (Fsp3) is 0.0714. The number of nitrogens with one attached hydrogen (secondary N) is 2. The fourth-order valence-electron chi connectivity index (χ4n) is 4.23. The number of carbonyl (C=O) groups excluding carboxylic acids is 2. The summed E-state index contributed by atoms with van der Waals surface area (Å²) in [6, 6.07) is 23.8. The number of aromatic nitrogens is 2. The van der Waals surface area contributed by atoms with Gasteiger partial charge in [0.15, 0.2) is 11.0 Å². The van der Waals surface area contributed by atoms with Gasteiger partial charge in [0.2, 0.25) is 0 Å². The van der Waals surface area contributed by atoms with Gasteiger partial charge in [0.05, 0.1) is 15.8 Å². The van der Waals surface area contributed by atoms with Crippen molar-refractivity contribution >= 4 is 45.3 Å². The minimum atomic E-state index is -0.394. The van der Waals surface area contributed by atoms with Gasteiger partial charge in [-0.25, -0.2) is 0 Å². The standard InChI is InChI=1S/C28H22N4O4/c1-17-9-3-5-11-19(17)27(33)29-21-15-25-26(32(36)24-14-8-7-13-23(24)31(25)35)16-22(21)30-28(34)20-12-6-4-10-18(20)2/h3-16,35H,1-2H3,(H-,29,30,33,34,36)/p+1. The van der Waals surface area contributed by atoms with E-state index in [4.69, 9.17) is 0 Å². The van der Waals surface area contributed by atoms with Gasteiger partial charge in [0.1, 0.15) is 0 Å². The molecule has 0 atom stereocenters. The Morgan fingerprint density at radius 1 is 0.694 bits per heavy atom. The molecule has 0 saturated heterocycles. The number of hydrogen-bond acceptors (Lipinski definition) is 4. The maximum absolute atomic E-state index is 13.2. The Labute approximate surface area is 206 Å². The molecular formula is C28H23N4O4+. The first-order valence-electron chi connectivity index (χ1n) is 11.3. The van der Waals surface area contributed by atoms with Crippen molar-refractivity contribution < 1.29 is 19.2 Å². The molecule has 0 spiro atoms. The molecule has 36 heavy (non-hydrogen) atoms. The molecule has 4 aromatic carbocycles. The predicted octanol–water partition coefficient (Wildman–Crippen LogP) is 5.07. The lowest BCUT2D eigenvalue weighted by atomic mass is 10.1. The summed E-state index contributed by atoms with van der Waals surface area (Å²) in [6.45, 7) is 3.65. The van der Waals surface area contributed by atoms with Crippen molar-refractivity contribution in [2.75, 3.05) is 10.6 Å². The lowest BCUT2D eigenvalue weighted by molar-refractivity contribution is -0.433. The Morgan fingerprint density at radius 3 is 1.78 bits per heavy atom. The topological polar surface area (TPSA) is 106 Å². The van der Waals surface area contributed by atoms with Gasteiger partial charge in [0, 0.05) is 28.2 Å². The molecule has 1 aromatic heterocycles. The lowest BCUT2D eigenvalue weighted by Gasteiger charge is -2.15. The van der Waals surface area contributed by atoms with Gasteiger partial charge in [-0.2, -0.15) is 4.73 Å². The molecule has 3 N–H and O–H groups in total.